The maximum absolute atomic E-state index is 12.4. The highest BCUT2D eigenvalue weighted by atomic mass is 35.5. The molecule has 1 heterocycles. The zero-order valence-electron chi connectivity index (χ0n) is 13.5. The predicted molar refractivity (Wildman–Crippen MR) is 96.4 cm³/mol. The van der Waals surface area contributed by atoms with Crippen LogP contribution in [0.2, 0.25) is 5.02 Å². The van der Waals surface area contributed by atoms with E-state index >= 15 is 0 Å². The van der Waals surface area contributed by atoms with Gasteiger partial charge in [-0.1, -0.05) is 30.7 Å². The molecule has 1 aliphatic rings. The smallest absolute Gasteiger partial charge is 0.229 e. The van der Waals surface area contributed by atoms with Gasteiger partial charge in [0.1, 0.15) is 0 Å². The Hall–Kier alpha value is -2.33. The van der Waals surface area contributed by atoms with Crippen LogP contribution in [0.3, 0.4) is 0 Å². The molecular formula is C19H19ClN2O2. The molecular weight excluding hydrogens is 324 g/mol. The summed E-state index contributed by atoms with van der Waals surface area (Å²) in [6.45, 7) is 2.50. The molecule has 2 amide bonds. The van der Waals surface area contributed by atoms with Crippen LogP contribution in [0.1, 0.15) is 18.9 Å². The summed E-state index contributed by atoms with van der Waals surface area (Å²) in [6.07, 6.45) is 1.19. The van der Waals surface area contributed by atoms with Crippen LogP contribution < -0.4 is 10.2 Å². The molecule has 0 aliphatic carbocycles. The van der Waals surface area contributed by atoms with Gasteiger partial charge >= 0.3 is 0 Å². The van der Waals surface area contributed by atoms with Crippen molar-refractivity contribution < 1.29 is 9.59 Å². The molecule has 1 aliphatic heterocycles. The highest BCUT2D eigenvalue weighted by molar-refractivity contribution is 6.30. The number of nitrogens with one attached hydrogen (secondary N) is 1. The number of amides is 2. The third-order valence-electron chi connectivity index (χ3n) is 4.26. The Bertz CT molecular complexity index is 741. The van der Waals surface area contributed by atoms with E-state index in [0.717, 1.165) is 12.1 Å². The summed E-state index contributed by atoms with van der Waals surface area (Å²) in [5, 5.41) is 3.46. The lowest BCUT2D eigenvalue weighted by molar-refractivity contribution is -0.122. The molecule has 0 bridgehead atoms. The number of carbonyl (C=O) groups is 2. The van der Waals surface area contributed by atoms with Crippen LogP contribution in [0.5, 0.6) is 0 Å². The lowest BCUT2D eigenvalue weighted by atomic mass is 10.1. The molecule has 0 aromatic heterocycles. The highest BCUT2D eigenvalue weighted by Gasteiger charge is 2.35. The van der Waals surface area contributed by atoms with Crippen molar-refractivity contribution in [3.8, 4) is 0 Å². The van der Waals surface area contributed by atoms with Crippen molar-refractivity contribution in [1.29, 1.82) is 0 Å². The van der Waals surface area contributed by atoms with Gasteiger partial charge in [-0.3, -0.25) is 9.59 Å². The monoisotopic (exact) mass is 342 g/mol. The minimum Gasteiger partial charge on any atom is -0.326 e. The second-order valence-electron chi connectivity index (χ2n) is 5.92. The van der Waals surface area contributed by atoms with Crippen LogP contribution in [0.25, 0.3) is 0 Å². The van der Waals surface area contributed by atoms with Gasteiger partial charge in [0.05, 0.1) is 5.92 Å². The fourth-order valence-electron chi connectivity index (χ4n) is 2.82. The van der Waals surface area contributed by atoms with E-state index in [1.165, 1.54) is 5.56 Å². The molecule has 5 heteroatoms. The van der Waals surface area contributed by atoms with Crippen LogP contribution in [-0.4, -0.2) is 18.4 Å². The van der Waals surface area contributed by atoms with E-state index in [1.54, 1.807) is 29.2 Å². The van der Waals surface area contributed by atoms with Crippen LogP contribution in [-0.2, 0) is 16.0 Å². The van der Waals surface area contributed by atoms with Crippen molar-refractivity contribution in [3.63, 3.8) is 0 Å². The van der Waals surface area contributed by atoms with Crippen molar-refractivity contribution in [2.45, 2.75) is 19.8 Å². The first kappa shape index (κ1) is 16.5. The fourth-order valence-corrected chi connectivity index (χ4v) is 2.95. The van der Waals surface area contributed by atoms with E-state index < -0.39 is 0 Å². The number of hydrogen-bond acceptors (Lipinski definition) is 2. The first-order valence-electron chi connectivity index (χ1n) is 8.02. The Morgan fingerprint density at radius 1 is 1.17 bits per heavy atom. The van der Waals surface area contributed by atoms with E-state index in [1.807, 2.05) is 24.3 Å². The number of benzene rings is 2. The van der Waals surface area contributed by atoms with E-state index in [4.69, 9.17) is 11.6 Å². The molecule has 2 aromatic rings. The van der Waals surface area contributed by atoms with Gasteiger partial charge < -0.3 is 10.2 Å². The fraction of sp³-hybridized carbons (Fsp3) is 0.263. The van der Waals surface area contributed by atoms with Gasteiger partial charge in [-0.2, -0.15) is 0 Å². The lowest BCUT2D eigenvalue weighted by Crippen LogP contribution is -2.28. The Labute approximate surface area is 146 Å². The summed E-state index contributed by atoms with van der Waals surface area (Å²) in [5.74, 6) is -0.507. The Balaban J connectivity index is 1.67. The maximum atomic E-state index is 12.4. The molecule has 24 heavy (non-hydrogen) atoms. The summed E-state index contributed by atoms with van der Waals surface area (Å²) < 4.78 is 0. The summed E-state index contributed by atoms with van der Waals surface area (Å²) in [6, 6.07) is 14.9. The van der Waals surface area contributed by atoms with Crippen molar-refractivity contribution >= 4 is 34.8 Å². The van der Waals surface area contributed by atoms with Gasteiger partial charge in [-0.25, -0.2) is 0 Å². The number of halogens is 1. The SMILES string of the molecule is CCc1ccc(N2C[C@H](C(=O)Nc3ccc(Cl)cc3)CC2=O)cc1. The van der Waals surface area contributed by atoms with Crippen molar-refractivity contribution in [2.24, 2.45) is 5.92 Å². The summed E-state index contributed by atoms with van der Waals surface area (Å²) in [5.41, 5.74) is 2.75. The topological polar surface area (TPSA) is 49.4 Å². The van der Waals surface area contributed by atoms with Crippen LogP contribution in [0, 0.1) is 5.92 Å². The summed E-state index contributed by atoms with van der Waals surface area (Å²) in [7, 11) is 0. The molecule has 2 aromatic carbocycles. The minimum atomic E-state index is -0.348. The number of hydrogen-bond donors (Lipinski definition) is 1. The first-order chi connectivity index (χ1) is 11.6. The Morgan fingerprint density at radius 3 is 2.46 bits per heavy atom. The van der Waals surface area contributed by atoms with E-state index in [2.05, 4.69) is 12.2 Å². The summed E-state index contributed by atoms with van der Waals surface area (Å²) in [4.78, 5) is 26.4. The number of aryl methyl sites for hydroxylation is 1. The minimum absolute atomic E-state index is 0.0181. The second kappa shape index (κ2) is 7.05. The number of carbonyl (C=O) groups excluding carboxylic acids is 2. The van der Waals surface area contributed by atoms with E-state index in [9.17, 15) is 9.59 Å². The van der Waals surface area contributed by atoms with E-state index in [0.29, 0.717) is 17.3 Å². The molecule has 0 unspecified atom stereocenters. The molecule has 1 N–H and O–H groups in total. The lowest BCUT2D eigenvalue weighted by Gasteiger charge is -2.17. The van der Waals surface area contributed by atoms with Crippen molar-refractivity contribution in [1.82, 2.24) is 0 Å². The van der Waals surface area contributed by atoms with Gasteiger partial charge in [-0.15, -0.1) is 0 Å². The third kappa shape index (κ3) is 3.60. The average molecular weight is 343 g/mol. The van der Waals surface area contributed by atoms with Crippen LogP contribution >= 0.6 is 11.6 Å². The summed E-state index contributed by atoms with van der Waals surface area (Å²) >= 11 is 5.84. The number of rotatable bonds is 4. The quantitative estimate of drug-likeness (QED) is 0.916. The number of nitrogens with zero attached hydrogens (tertiary/aromatic N) is 1. The largest absolute Gasteiger partial charge is 0.326 e. The van der Waals surface area contributed by atoms with Gasteiger partial charge in [0.15, 0.2) is 0 Å². The van der Waals surface area contributed by atoms with E-state index in [-0.39, 0.29) is 24.2 Å². The van der Waals surface area contributed by atoms with Gasteiger partial charge in [0.25, 0.3) is 0 Å². The molecule has 124 valence electrons. The molecule has 1 saturated heterocycles. The second-order valence-corrected chi connectivity index (χ2v) is 6.36. The molecule has 0 radical (unpaired) electrons. The van der Waals surface area contributed by atoms with Crippen LogP contribution in [0.15, 0.2) is 48.5 Å². The van der Waals surface area contributed by atoms with Crippen molar-refractivity contribution in [3.05, 3.63) is 59.1 Å². The maximum Gasteiger partial charge on any atom is 0.229 e. The molecule has 3 rings (SSSR count). The molecule has 4 nitrogen and oxygen atoms in total. The molecule has 0 saturated carbocycles. The van der Waals surface area contributed by atoms with Crippen LogP contribution in [0.4, 0.5) is 11.4 Å². The van der Waals surface area contributed by atoms with Gasteiger partial charge in [0.2, 0.25) is 11.8 Å². The third-order valence-corrected chi connectivity index (χ3v) is 4.52. The van der Waals surface area contributed by atoms with Gasteiger partial charge in [-0.05, 0) is 48.4 Å². The van der Waals surface area contributed by atoms with Crippen molar-refractivity contribution in [2.75, 3.05) is 16.8 Å². The molecule has 0 spiro atoms. The van der Waals surface area contributed by atoms with Gasteiger partial charge in [0, 0.05) is 29.4 Å². The normalized spacial score (nSPS) is 17.2. The molecule has 1 fully saturated rings. The average Bonchev–Trinajstić information content (AvgIpc) is 2.99. The first-order valence-corrected chi connectivity index (χ1v) is 8.40. The zero-order chi connectivity index (χ0) is 17.1. The predicted octanol–water partition coefficient (Wildman–Crippen LogP) is 3.89. The Kier molecular flexibility index (Phi) is 4.86. The highest BCUT2D eigenvalue weighted by Crippen LogP contribution is 2.26. The standard InChI is InChI=1S/C19H19ClN2O2/c1-2-13-3-9-17(10-4-13)22-12-14(11-18(22)23)19(24)21-16-7-5-15(20)6-8-16/h3-10,14H,2,11-12H2,1H3,(H,21,24)/t14-/m1/s1. The number of anilines is 2. The Morgan fingerprint density at radius 2 is 1.83 bits per heavy atom. The zero-order valence-corrected chi connectivity index (χ0v) is 14.2. The molecule has 1 atom stereocenters.